The summed E-state index contributed by atoms with van der Waals surface area (Å²) < 4.78 is 0. The van der Waals surface area contributed by atoms with E-state index in [4.69, 9.17) is 4.99 Å². The van der Waals surface area contributed by atoms with Gasteiger partial charge in [-0.1, -0.05) is 23.8 Å². The summed E-state index contributed by atoms with van der Waals surface area (Å²) in [6, 6.07) is 7.19. The SMILES string of the molecule is Cc1ccc2c(c1)CCC1=C(N=CCC1)C2C1CCN(CCCCc2cnc[nH]2)CC1. The number of aromatic nitrogens is 2. The molecule has 31 heavy (non-hydrogen) atoms. The van der Waals surface area contributed by atoms with Crippen molar-refractivity contribution in [3.05, 3.63) is 64.4 Å². The summed E-state index contributed by atoms with van der Waals surface area (Å²) in [5, 5.41) is 0. The maximum absolute atomic E-state index is 5.03. The van der Waals surface area contributed by atoms with Crippen LogP contribution in [0.5, 0.6) is 0 Å². The van der Waals surface area contributed by atoms with Crippen molar-refractivity contribution in [1.29, 1.82) is 0 Å². The van der Waals surface area contributed by atoms with Crippen LogP contribution >= 0.6 is 0 Å². The molecule has 164 valence electrons. The van der Waals surface area contributed by atoms with E-state index < -0.39 is 0 Å². The third kappa shape index (κ3) is 4.69. The number of benzene rings is 1. The molecule has 1 aromatic heterocycles. The summed E-state index contributed by atoms with van der Waals surface area (Å²) in [6.07, 6.45) is 16.9. The first kappa shape index (κ1) is 20.7. The molecule has 5 rings (SSSR count). The van der Waals surface area contributed by atoms with E-state index in [0.717, 1.165) is 18.8 Å². The van der Waals surface area contributed by atoms with E-state index in [9.17, 15) is 0 Å². The molecule has 3 heterocycles. The van der Waals surface area contributed by atoms with E-state index in [1.54, 1.807) is 23.0 Å². The zero-order chi connectivity index (χ0) is 21.0. The van der Waals surface area contributed by atoms with Gasteiger partial charge in [-0.15, -0.1) is 0 Å². The molecule has 0 amide bonds. The Balaban J connectivity index is 1.24. The fourth-order valence-corrected chi connectivity index (χ4v) is 5.92. The summed E-state index contributed by atoms with van der Waals surface area (Å²) in [4.78, 5) is 15.1. The first-order chi connectivity index (χ1) is 15.3. The van der Waals surface area contributed by atoms with Crippen LogP contribution in [0.1, 0.15) is 73.2 Å². The van der Waals surface area contributed by atoms with Crippen LogP contribution in [-0.2, 0) is 12.8 Å². The molecule has 2 aliphatic heterocycles. The van der Waals surface area contributed by atoms with Gasteiger partial charge in [-0.25, -0.2) is 4.98 Å². The Kier molecular flexibility index (Phi) is 6.35. The largest absolute Gasteiger partial charge is 0.348 e. The molecule has 1 aromatic carbocycles. The predicted molar refractivity (Wildman–Crippen MR) is 128 cm³/mol. The zero-order valence-corrected chi connectivity index (χ0v) is 18.9. The number of hydrogen-bond donors (Lipinski definition) is 1. The molecule has 4 nitrogen and oxygen atoms in total. The van der Waals surface area contributed by atoms with Crippen molar-refractivity contribution < 1.29 is 0 Å². The van der Waals surface area contributed by atoms with Crippen LogP contribution in [0.15, 0.2) is 47.0 Å². The standard InChI is InChI=1S/C27H36N4/c1-20-7-10-25-23(17-20)9-8-22-5-4-13-29-27(22)26(25)21-11-15-31(16-12-21)14-3-2-6-24-18-28-19-30-24/h7,10,13,17-19,21,26H,2-6,8-9,11-12,14-16H2,1H3,(H,28,30). The molecule has 0 bridgehead atoms. The minimum atomic E-state index is 0.507. The Bertz CT molecular complexity index is 932. The van der Waals surface area contributed by atoms with Crippen molar-refractivity contribution in [1.82, 2.24) is 14.9 Å². The van der Waals surface area contributed by atoms with Crippen molar-refractivity contribution >= 4 is 6.21 Å². The van der Waals surface area contributed by atoms with Gasteiger partial charge in [0, 0.05) is 29.7 Å². The van der Waals surface area contributed by atoms with Crippen LogP contribution in [0, 0.1) is 12.8 Å². The minimum absolute atomic E-state index is 0.507. The lowest BCUT2D eigenvalue weighted by molar-refractivity contribution is 0.171. The molecule has 1 N–H and O–H groups in total. The summed E-state index contributed by atoms with van der Waals surface area (Å²) in [5.41, 5.74) is 8.89. The lowest BCUT2D eigenvalue weighted by Gasteiger charge is -2.37. The third-order valence-electron chi connectivity index (χ3n) is 7.62. The number of piperidine rings is 1. The van der Waals surface area contributed by atoms with Gasteiger partial charge in [0.25, 0.3) is 0 Å². The van der Waals surface area contributed by atoms with E-state index in [0.29, 0.717) is 5.92 Å². The van der Waals surface area contributed by atoms with Gasteiger partial charge in [-0.2, -0.15) is 0 Å². The monoisotopic (exact) mass is 416 g/mol. The minimum Gasteiger partial charge on any atom is -0.348 e. The van der Waals surface area contributed by atoms with Crippen LogP contribution < -0.4 is 0 Å². The number of rotatable bonds is 6. The Morgan fingerprint density at radius 1 is 1.10 bits per heavy atom. The predicted octanol–water partition coefficient (Wildman–Crippen LogP) is 5.60. The number of hydrogen-bond acceptors (Lipinski definition) is 3. The summed E-state index contributed by atoms with van der Waals surface area (Å²) in [7, 11) is 0. The maximum atomic E-state index is 5.03. The van der Waals surface area contributed by atoms with E-state index in [1.807, 2.05) is 6.20 Å². The second-order valence-corrected chi connectivity index (χ2v) is 9.73. The van der Waals surface area contributed by atoms with Crippen LogP contribution in [0.2, 0.25) is 0 Å². The third-order valence-corrected chi connectivity index (χ3v) is 7.62. The van der Waals surface area contributed by atoms with Gasteiger partial charge in [0.2, 0.25) is 0 Å². The number of imidazole rings is 1. The van der Waals surface area contributed by atoms with Crippen LogP contribution in [0.25, 0.3) is 0 Å². The number of aryl methyl sites for hydroxylation is 3. The fraction of sp³-hybridized carbons (Fsp3) is 0.556. The Morgan fingerprint density at radius 3 is 2.84 bits per heavy atom. The Hall–Kier alpha value is -2.20. The molecule has 0 spiro atoms. The number of H-pyrrole nitrogens is 1. The molecule has 0 radical (unpaired) electrons. The van der Waals surface area contributed by atoms with E-state index in [2.05, 4.69) is 46.2 Å². The molecule has 1 saturated heterocycles. The van der Waals surface area contributed by atoms with Crippen molar-refractivity contribution in [2.45, 2.75) is 70.6 Å². The van der Waals surface area contributed by atoms with Crippen molar-refractivity contribution in [2.75, 3.05) is 19.6 Å². The molecule has 1 fully saturated rings. The first-order valence-electron chi connectivity index (χ1n) is 12.3. The number of aliphatic imine (C=N–C) groups is 1. The van der Waals surface area contributed by atoms with Crippen LogP contribution in [-0.4, -0.2) is 40.7 Å². The molecular weight excluding hydrogens is 380 g/mol. The molecule has 1 aliphatic carbocycles. The number of fused-ring (bicyclic) bond motifs is 1. The maximum Gasteiger partial charge on any atom is 0.0921 e. The number of unbranched alkanes of at least 4 members (excludes halogenated alkanes) is 1. The zero-order valence-electron chi connectivity index (χ0n) is 18.9. The average Bonchev–Trinajstić information content (AvgIpc) is 3.26. The van der Waals surface area contributed by atoms with Gasteiger partial charge in [0.1, 0.15) is 0 Å². The highest BCUT2D eigenvalue weighted by molar-refractivity contribution is 5.63. The van der Waals surface area contributed by atoms with Gasteiger partial charge < -0.3 is 9.88 Å². The van der Waals surface area contributed by atoms with Gasteiger partial charge in [0.15, 0.2) is 0 Å². The van der Waals surface area contributed by atoms with Crippen molar-refractivity contribution in [3.63, 3.8) is 0 Å². The van der Waals surface area contributed by atoms with Gasteiger partial charge in [-0.3, -0.25) is 4.99 Å². The molecule has 1 atom stereocenters. The number of allylic oxidation sites excluding steroid dienone is 2. The first-order valence-corrected chi connectivity index (χ1v) is 12.3. The van der Waals surface area contributed by atoms with Gasteiger partial charge in [0.05, 0.1) is 6.33 Å². The van der Waals surface area contributed by atoms with Crippen LogP contribution in [0.3, 0.4) is 0 Å². The van der Waals surface area contributed by atoms with Crippen LogP contribution in [0.4, 0.5) is 0 Å². The second kappa shape index (κ2) is 9.52. The number of nitrogens with one attached hydrogen (secondary N) is 1. The molecule has 1 unspecified atom stereocenters. The lowest BCUT2D eigenvalue weighted by atomic mass is 9.76. The smallest absolute Gasteiger partial charge is 0.0921 e. The van der Waals surface area contributed by atoms with E-state index in [-0.39, 0.29) is 0 Å². The summed E-state index contributed by atoms with van der Waals surface area (Å²) in [5.74, 6) is 1.23. The average molecular weight is 417 g/mol. The normalized spacial score (nSPS) is 22.3. The van der Waals surface area contributed by atoms with Gasteiger partial charge in [-0.05, 0) is 107 Å². The number of nitrogens with zero attached hydrogens (tertiary/aromatic N) is 3. The molecule has 0 saturated carbocycles. The fourth-order valence-electron chi connectivity index (χ4n) is 5.92. The highest BCUT2D eigenvalue weighted by atomic mass is 15.1. The highest BCUT2D eigenvalue weighted by Gasteiger charge is 2.34. The number of aromatic amines is 1. The molecule has 3 aliphatic rings. The van der Waals surface area contributed by atoms with E-state index in [1.165, 1.54) is 81.5 Å². The molecule has 2 aromatic rings. The quantitative estimate of drug-likeness (QED) is 0.623. The van der Waals surface area contributed by atoms with Crippen molar-refractivity contribution in [2.24, 2.45) is 10.9 Å². The Labute approximate surface area is 186 Å². The molecular formula is C27H36N4. The number of likely N-dealkylation sites (tertiary alicyclic amines) is 1. The van der Waals surface area contributed by atoms with Gasteiger partial charge >= 0.3 is 0 Å². The Morgan fingerprint density at radius 2 is 2.00 bits per heavy atom. The lowest BCUT2D eigenvalue weighted by Crippen LogP contribution is -2.36. The van der Waals surface area contributed by atoms with Crippen molar-refractivity contribution in [3.8, 4) is 0 Å². The topological polar surface area (TPSA) is 44.3 Å². The highest BCUT2D eigenvalue weighted by Crippen LogP contribution is 2.45. The summed E-state index contributed by atoms with van der Waals surface area (Å²) >= 11 is 0. The molecule has 4 heteroatoms. The van der Waals surface area contributed by atoms with E-state index >= 15 is 0 Å². The second-order valence-electron chi connectivity index (χ2n) is 9.73. The summed E-state index contributed by atoms with van der Waals surface area (Å²) in [6.45, 7) is 5.93.